The number of fused-ring (bicyclic) bond motifs is 1. The van der Waals surface area contributed by atoms with Gasteiger partial charge in [-0.1, -0.05) is 12.1 Å². The molecule has 0 N–H and O–H groups in total. The summed E-state index contributed by atoms with van der Waals surface area (Å²) < 4.78 is 34.9. The maximum Gasteiger partial charge on any atom is 0.348 e. The van der Waals surface area contributed by atoms with Crippen molar-refractivity contribution in [3.63, 3.8) is 0 Å². The summed E-state index contributed by atoms with van der Waals surface area (Å²) in [7, 11) is 6.15. The van der Waals surface area contributed by atoms with Crippen molar-refractivity contribution < 1.29 is 33.2 Å². The van der Waals surface area contributed by atoms with E-state index >= 15 is 0 Å². The summed E-state index contributed by atoms with van der Waals surface area (Å²) in [5, 5.41) is 0. The lowest BCUT2D eigenvalue weighted by Crippen LogP contribution is -2.34. The van der Waals surface area contributed by atoms with Crippen LogP contribution in [0.15, 0.2) is 47.3 Å². The van der Waals surface area contributed by atoms with Crippen LogP contribution in [-0.2, 0) is 16.1 Å². The average Bonchev–Trinajstić information content (AvgIpc) is 3.30. The lowest BCUT2D eigenvalue weighted by Gasteiger charge is -2.22. The quantitative estimate of drug-likeness (QED) is 0.403. The standard InChI is InChI=1S/C28H31NO8/c1-7-36-28(31)26-24(19-13-21(34-5)22(35-6)14-20(19)33-4)25-23(37-26)12-16(2)29(27(25)30)15-17-8-10-18(32-3)11-9-17/h8-14,24,26H,7,15H2,1-6H3/t24-,26-/m1/s1. The molecule has 37 heavy (non-hydrogen) atoms. The highest BCUT2D eigenvalue weighted by Crippen LogP contribution is 2.47. The first-order valence-corrected chi connectivity index (χ1v) is 11.9. The molecule has 9 heteroatoms. The minimum absolute atomic E-state index is 0.172. The lowest BCUT2D eigenvalue weighted by molar-refractivity contribution is -0.151. The van der Waals surface area contributed by atoms with E-state index in [0.717, 1.165) is 11.3 Å². The molecule has 0 amide bonds. The Balaban J connectivity index is 1.89. The van der Waals surface area contributed by atoms with Gasteiger partial charge >= 0.3 is 5.97 Å². The Morgan fingerprint density at radius 2 is 1.57 bits per heavy atom. The second kappa shape index (κ2) is 10.9. The third kappa shape index (κ3) is 4.81. The first-order chi connectivity index (χ1) is 17.9. The number of methoxy groups -OCH3 is 4. The lowest BCUT2D eigenvalue weighted by atomic mass is 9.87. The highest BCUT2D eigenvalue weighted by molar-refractivity contribution is 5.80. The van der Waals surface area contributed by atoms with Crippen LogP contribution in [0.3, 0.4) is 0 Å². The van der Waals surface area contributed by atoms with Gasteiger partial charge in [-0.15, -0.1) is 0 Å². The van der Waals surface area contributed by atoms with Gasteiger partial charge in [0.25, 0.3) is 5.56 Å². The van der Waals surface area contributed by atoms with Crippen LogP contribution >= 0.6 is 0 Å². The van der Waals surface area contributed by atoms with E-state index in [-0.39, 0.29) is 12.2 Å². The van der Waals surface area contributed by atoms with Crippen molar-refractivity contribution in [3.8, 4) is 28.7 Å². The van der Waals surface area contributed by atoms with E-state index in [0.29, 0.717) is 46.4 Å². The van der Waals surface area contributed by atoms with Crippen molar-refractivity contribution in [2.45, 2.75) is 32.4 Å². The smallest absolute Gasteiger partial charge is 0.348 e. The van der Waals surface area contributed by atoms with Crippen molar-refractivity contribution in [1.29, 1.82) is 0 Å². The summed E-state index contributed by atoms with van der Waals surface area (Å²) in [6.07, 6.45) is -1.08. The molecule has 9 nitrogen and oxygen atoms in total. The number of hydrogen-bond donors (Lipinski definition) is 0. The van der Waals surface area contributed by atoms with Crippen LogP contribution in [0.25, 0.3) is 0 Å². The van der Waals surface area contributed by atoms with Crippen molar-refractivity contribution >= 4 is 5.97 Å². The van der Waals surface area contributed by atoms with Gasteiger partial charge in [0, 0.05) is 23.4 Å². The second-order valence-electron chi connectivity index (χ2n) is 8.52. The summed E-state index contributed by atoms with van der Waals surface area (Å²) in [6.45, 7) is 4.06. The Labute approximate surface area is 215 Å². The predicted molar refractivity (Wildman–Crippen MR) is 137 cm³/mol. The van der Waals surface area contributed by atoms with Crippen molar-refractivity contribution in [2.24, 2.45) is 0 Å². The van der Waals surface area contributed by atoms with E-state index in [1.165, 1.54) is 21.3 Å². The maximum atomic E-state index is 14.0. The summed E-state index contributed by atoms with van der Waals surface area (Å²) in [6, 6.07) is 12.7. The molecule has 2 aromatic carbocycles. The van der Waals surface area contributed by atoms with E-state index in [9.17, 15) is 9.59 Å². The second-order valence-corrected chi connectivity index (χ2v) is 8.52. The van der Waals surface area contributed by atoms with Gasteiger partial charge in [0.15, 0.2) is 11.5 Å². The number of benzene rings is 2. The SMILES string of the molecule is CCOC(=O)[C@@H]1Oc2cc(C)n(Cc3ccc(OC)cc3)c(=O)c2[C@H]1c1cc(OC)c(OC)cc1OC. The molecule has 1 aliphatic rings. The molecule has 1 aliphatic heterocycles. The van der Waals surface area contributed by atoms with Crippen LogP contribution in [0.2, 0.25) is 0 Å². The van der Waals surface area contributed by atoms with Crippen LogP contribution in [0.5, 0.6) is 28.7 Å². The van der Waals surface area contributed by atoms with Crippen LogP contribution in [0, 0.1) is 6.92 Å². The Bertz CT molecular complexity index is 1350. The van der Waals surface area contributed by atoms with E-state index in [4.69, 9.17) is 28.4 Å². The molecule has 3 aromatic rings. The monoisotopic (exact) mass is 509 g/mol. The van der Waals surface area contributed by atoms with Gasteiger partial charge in [-0.2, -0.15) is 0 Å². The fourth-order valence-corrected chi connectivity index (χ4v) is 4.63. The third-order valence-electron chi connectivity index (χ3n) is 6.46. The van der Waals surface area contributed by atoms with Gasteiger partial charge < -0.3 is 33.0 Å². The highest BCUT2D eigenvalue weighted by Gasteiger charge is 2.45. The summed E-state index contributed by atoms with van der Waals surface area (Å²) >= 11 is 0. The van der Waals surface area contributed by atoms with E-state index in [1.807, 2.05) is 31.2 Å². The molecule has 0 bridgehead atoms. The fraction of sp³-hybridized carbons (Fsp3) is 0.357. The fourth-order valence-electron chi connectivity index (χ4n) is 4.63. The topological polar surface area (TPSA) is 94.5 Å². The molecular formula is C28H31NO8. The van der Waals surface area contributed by atoms with E-state index in [2.05, 4.69) is 0 Å². The maximum absolute atomic E-state index is 14.0. The van der Waals surface area contributed by atoms with Gasteiger partial charge in [0.1, 0.15) is 17.2 Å². The summed E-state index contributed by atoms with van der Waals surface area (Å²) in [4.78, 5) is 27.0. The number of aromatic nitrogens is 1. The summed E-state index contributed by atoms with van der Waals surface area (Å²) in [5.74, 6) is 1.02. The zero-order chi connectivity index (χ0) is 26.7. The zero-order valence-electron chi connectivity index (χ0n) is 21.8. The zero-order valence-corrected chi connectivity index (χ0v) is 21.8. The molecular weight excluding hydrogens is 478 g/mol. The number of rotatable bonds is 9. The number of aryl methyl sites for hydroxylation is 1. The molecule has 0 unspecified atom stereocenters. The molecule has 0 saturated heterocycles. The predicted octanol–water partition coefficient (Wildman–Crippen LogP) is 3.70. The number of nitrogens with zero attached hydrogens (tertiary/aromatic N) is 1. The molecule has 1 aromatic heterocycles. The summed E-state index contributed by atoms with van der Waals surface area (Å²) in [5.41, 5.74) is 2.25. The average molecular weight is 510 g/mol. The molecule has 196 valence electrons. The van der Waals surface area contributed by atoms with Crippen LogP contribution in [0.1, 0.15) is 35.2 Å². The van der Waals surface area contributed by atoms with Crippen molar-refractivity contribution in [3.05, 3.63) is 75.2 Å². The van der Waals surface area contributed by atoms with Crippen LogP contribution < -0.4 is 29.2 Å². The van der Waals surface area contributed by atoms with Gasteiger partial charge in [0.2, 0.25) is 6.10 Å². The molecule has 2 heterocycles. The Morgan fingerprint density at radius 3 is 2.16 bits per heavy atom. The molecule has 4 rings (SSSR count). The number of esters is 1. The minimum atomic E-state index is -1.08. The van der Waals surface area contributed by atoms with Crippen LogP contribution in [0.4, 0.5) is 0 Å². The van der Waals surface area contributed by atoms with E-state index in [1.54, 1.807) is 36.8 Å². The van der Waals surface area contributed by atoms with Crippen molar-refractivity contribution in [1.82, 2.24) is 4.57 Å². The first-order valence-electron chi connectivity index (χ1n) is 11.9. The molecule has 0 spiro atoms. The van der Waals surface area contributed by atoms with Crippen molar-refractivity contribution in [2.75, 3.05) is 35.0 Å². The molecule has 0 saturated carbocycles. The number of pyridine rings is 1. The van der Waals surface area contributed by atoms with Gasteiger partial charge in [-0.3, -0.25) is 4.79 Å². The number of carbonyl (C=O) groups is 1. The normalized spacial score (nSPS) is 15.9. The van der Waals surface area contributed by atoms with Gasteiger partial charge in [-0.05, 0) is 37.6 Å². The third-order valence-corrected chi connectivity index (χ3v) is 6.46. The van der Waals surface area contributed by atoms with Crippen LogP contribution in [-0.4, -0.2) is 51.7 Å². The Kier molecular flexibility index (Phi) is 7.61. The Hall–Kier alpha value is -4.14. The number of hydrogen-bond acceptors (Lipinski definition) is 8. The minimum Gasteiger partial charge on any atom is -0.497 e. The number of carbonyl (C=O) groups excluding carboxylic acids is 1. The first kappa shape index (κ1) is 25.9. The van der Waals surface area contributed by atoms with E-state index < -0.39 is 18.0 Å². The number of ether oxygens (including phenoxy) is 6. The molecule has 0 aliphatic carbocycles. The molecule has 2 atom stereocenters. The highest BCUT2D eigenvalue weighted by atomic mass is 16.6. The van der Waals surface area contributed by atoms with Gasteiger partial charge in [0.05, 0.1) is 53.1 Å². The van der Waals surface area contributed by atoms with Gasteiger partial charge in [-0.25, -0.2) is 4.79 Å². The Morgan fingerprint density at radius 1 is 0.919 bits per heavy atom. The largest absolute Gasteiger partial charge is 0.497 e. The molecule has 0 fully saturated rings. The molecule has 0 radical (unpaired) electrons.